The van der Waals surface area contributed by atoms with Gasteiger partial charge < -0.3 is 5.32 Å². The molecule has 2 rings (SSSR count). The summed E-state index contributed by atoms with van der Waals surface area (Å²) < 4.78 is 0. The number of anilines is 1. The lowest BCUT2D eigenvalue weighted by molar-refractivity contribution is -0.117. The van der Waals surface area contributed by atoms with E-state index in [9.17, 15) is 4.79 Å². The summed E-state index contributed by atoms with van der Waals surface area (Å²) in [6, 6.07) is 5.29. The minimum Gasteiger partial charge on any atom is -0.324 e. The Labute approximate surface area is 85.8 Å². The fourth-order valence-electron chi connectivity index (χ4n) is 1.46. The molecule has 1 aromatic rings. The summed E-state index contributed by atoms with van der Waals surface area (Å²) in [6.45, 7) is 1.64. The Balaban J connectivity index is 2.70. The van der Waals surface area contributed by atoms with Gasteiger partial charge in [0.15, 0.2) is 0 Å². The van der Waals surface area contributed by atoms with E-state index in [1.807, 2.05) is 0 Å². The fraction of sp³-hybridized carbons (Fsp3) is 0.222. The zero-order valence-electron chi connectivity index (χ0n) is 6.90. The Bertz CT molecular complexity index is 387. The summed E-state index contributed by atoms with van der Waals surface area (Å²) in [7, 11) is 0. The van der Waals surface area contributed by atoms with E-state index < -0.39 is 4.87 Å². The SMILES string of the molecule is CC1(Cl)C(=O)Nc2cccc(Cl)c21. The van der Waals surface area contributed by atoms with Crippen LogP contribution >= 0.6 is 23.2 Å². The molecule has 0 aliphatic carbocycles. The maximum Gasteiger partial charge on any atom is 0.249 e. The zero-order chi connectivity index (χ0) is 9.64. The number of hydrogen-bond acceptors (Lipinski definition) is 1. The first-order chi connectivity index (χ1) is 6.03. The maximum atomic E-state index is 11.4. The van der Waals surface area contributed by atoms with Crippen molar-refractivity contribution in [1.82, 2.24) is 0 Å². The van der Waals surface area contributed by atoms with Gasteiger partial charge in [0.1, 0.15) is 4.87 Å². The van der Waals surface area contributed by atoms with E-state index in [2.05, 4.69) is 5.32 Å². The summed E-state index contributed by atoms with van der Waals surface area (Å²) in [4.78, 5) is 10.4. The number of alkyl halides is 1. The molecule has 68 valence electrons. The average molecular weight is 216 g/mol. The van der Waals surface area contributed by atoms with E-state index in [0.29, 0.717) is 16.3 Å². The first-order valence-corrected chi connectivity index (χ1v) is 4.58. The number of amides is 1. The normalized spacial score (nSPS) is 25.6. The molecule has 1 unspecified atom stereocenters. The van der Waals surface area contributed by atoms with Gasteiger partial charge in [0, 0.05) is 16.3 Å². The predicted molar refractivity (Wildman–Crippen MR) is 53.3 cm³/mol. The highest BCUT2D eigenvalue weighted by Crippen LogP contribution is 2.44. The van der Waals surface area contributed by atoms with E-state index in [1.165, 1.54) is 0 Å². The second-order valence-electron chi connectivity index (χ2n) is 3.12. The monoisotopic (exact) mass is 215 g/mol. The Morgan fingerprint density at radius 2 is 2.15 bits per heavy atom. The van der Waals surface area contributed by atoms with Gasteiger partial charge >= 0.3 is 0 Å². The van der Waals surface area contributed by atoms with Gasteiger partial charge in [-0.05, 0) is 19.1 Å². The van der Waals surface area contributed by atoms with Gasteiger partial charge in [0.2, 0.25) is 5.91 Å². The number of carbonyl (C=O) groups excluding carboxylic acids is 1. The number of nitrogens with one attached hydrogen (secondary N) is 1. The molecule has 1 aliphatic heterocycles. The molecule has 1 atom stereocenters. The molecule has 1 N–H and O–H groups in total. The number of benzene rings is 1. The first kappa shape index (κ1) is 8.85. The first-order valence-electron chi connectivity index (χ1n) is 3.83. The van der Waals surface area contributed by atoms with Crippen molar-refractivity contribution in [1.29, 1.82) is 0 Å². The molecule has 1 heterocycles. The Hall–Kier alpha value is -0.730. The van der Waals surface area contributed by atoms with Crippen molar-refractivity contribution in [3.05, 3.63) is 28.8 Å². The summed E-state index contributed by atoms with van der Waals surface area (Å²) in [5.74, 6) is -0.225. The molecule has 0 saturated heterocycles. The number of hydrogen-bond donors (Lipinski definition) is 1. The third-order valence-corrected chi connectivity index (χ3v) is 2.83. The van der Waals surface area contributed by atoms with Crippen LogP contribution in [0.2, 0.25) is 5.02 Å². The lowest BCUT2D eigenvalue weighted by Crippen LogP contribution is -2.24. The van der Waals surface area contributed by atoms with Gasteiger partial charge in [0.25, 0.3) is 0 Å². The van der Waals surface area contributed by atoms with Gasteiger partial charge in [-0.3, -0.25) is 4.79 Å². The third-order valence-electron chi connectivity index (χ3n) is 2.16. The van der Waals surface area contributed by atoms with Crippen molar-refractivity contribution in [3.63, 3.8) is 0 Å². The highest BCUT2D eigenvalue weighted by molar-refractivity contribution is 6.42. The highest BCUT2D eigenvalue weighted by Gasteiger charge is 2.42. The molecule has 1 amide bonds. The second kappa shape index (κ2) is 2.63. The third kappa shape index (κ3) is 1.13. The van der Waals surface area contributed by atoms with Crippen LogP contribution in [0.1, 0.15) is 12.5 Å². The molecule has 0 aromatic heterocycles. The summed E-state index contributed by atoms with van der Waals surface area (Å²) >= 11 is 12.0. The van der Waals surface area contributed by atoms with Gasteiger partial charge in [-0.15, -0.1) is 11.6 Å². The van der Waals surface area contributed by atoms with E-state index in [1.54, 1.807) is 25.1 Å². The summed E-state index contributed by atoms with van der Waals surface area (Å²) in [6.07, 6.45) is 0. The lowest BCUT2D eigenvalue weighted by Gasteiger charge is -2.13. The Kier molecular flexibility index (Phi) is 1.79. The number of rotatable bonds is 0. The van der Waals surface area contributed by atoms with Crippen LogP contribution in [-0.4, -0.2) is 5.91 Å². The molecule has 0 bridgehead atoms. The number of fused-ring (bicyclic) bond motifs is 1. The molecular formula is C9H7Cl2NO. The topological polar surface area (TPSA) is 29.1 Å². The summed E-state index contributed by atoms with van der Waals surface area (Å²) in [5, 5.41) is 3.19. The molecule has 0 spiro atoms. The van der Waals surface area contributed by atoms with Gasteiger partial charge in [-0.25, -0.2) is 0 Å². The van der Waals surface area contributed by atoms with E-state index in [0.717, 1.165) is 0 Å². The van der Waals surface area contributed by atoms with Crippen LogP contribution in [0.25, 0.3) is 0 Å². The Morgan fingerprint density at radius 1 is 1.46 bits per heavy atom. The lowest BCUT2D eigenvalue weighted by atomic mass is 10.0. The highest BCUT2D eigenvalue weighted by atomic mass is 35.5. The average Bonchev–Trinajstić information content (AvgIpc) is 2.24. The molecule has 0 radical (unpaired) electrons. The summed E-state index contributed by atoms with van der Waals surface area (Å²) in [5.41, 5.74) is 1.37. The van der Waals surface area contributed by atoms with Crippen LogP contribution < -0.4 is 5.32 Å². The van der Waals surface area contributed by atoms with Crippen LogP contribution in [0.4, 0.5) is 5.69 Å². The van der Waals surface area contributed by atoms with E-state index >= 15 is 0 Å². The maximum absolute atomic E-state index is 11.4. The second-order valence-corrected chi connectivity index (χ2v) is 4.28. The van der Waals surface area contributed by atoms with Crippen molar-refractivity contribution in [3.8, 4) is 0 Å². The van der Waals surface area contributed by atoms with Crippen LogP contribution in [-0.2, 0) is 9.67 Å². The minimum absolute atomic E-state index is 0.225. The molecule has 13 heavy (non-hydrogen) atoms. The molecule has 4 heteroatoms. The largest absolute Gasteiger partial charge is 0.324 e. The van der Waals surface area contributed by atoms with Crippen LogP contribution in [0, 0.1) is 0 Å². The molecular weight excluding hydrogens is 209 g/mol. The van der Waals surface area contributed by atoms with Crippen LogP contribution in [0.5, 0.6) is 0 Å². The predicted octanol–water partition coefficient (Wildman–Crippen LogP) is 2.75. The van der Waals surface area contributed by atoms with Crippen molar-refractivity contribution in [2.24, 2.45) is 0 Å². The quantitative estimate of drug-likeness (QED) is 0.663. The van der Waals surface area contributed by atoms with Crippen LogP contribution in [0.3, 0.4) is 0 Å². The van der Waals surface area contributed by atoms with Crippen LogP contribution in [0.15, 0.2) is 18.2 Å². The molecule has 1 aliphatic rings. The smallest absolute Gasteiger partial charge is 0.249 e. The molecule has 0 saturated carbocycles. The Morgan fingerprint density at radius 3 is 2.77 bits per heavy atom. The van der Waals surface area contributed by atoms with Crippen molar-refractivity contribution in [2.45, 2.75) is 11.8 Å². The fourth-order valence-corrected chi connectivity index (χ4v) is 2.12. The zero-order valence-corrected chi connectivity index (χ0v) is 8.41. The van der Waals surface area contributed by atoms with Crippen molar-refractivity contribution in [2.75, 3.05) is 5.32 Å². The molecule has 2 nitrogen and oxygen atoms in total. The van der Waals surface area contributed by atoms with Gasteiger partial charge in [0.05, 0.1) is 0 Å². The molecule has 1 aromatic carbocycles. The standard InChI is InChI=1S/C9H7Cl2NO/c1-9(11)7-5(10)3-2-4-6(7)12-8(9)13/h2-4H,1H3,(H,12,13). The van der Waals surface area contributed by atoms with Gasteiger partial charge in [-0.2, -0.15) is 0 Å². The van der Waals surface area contributed by atoms with Crippen molar-refractivity contribution >= 4 is 34.8 Å². The van der Waals surface area contributed by atoms with E-state index in [4.69, 9.17) is 23.2 Å². The van der Waals surface area contributed by atoms with Crippen molar-refractivity contribution < 1.29 is 4.79 Å². The molecule has 0 fully saturated rings. The number of carbonyl (C=O) groups is 1. The van der Waals surface area contributed by atoms with E-state index in [-0.39, 0.29) is 5.91 Å². The minimum atomic E-state index is -1.03. The van der Waals surface area contributed by atoms with Gasteiger partial charge in [-0.1, -0.05) is 17.7 Å². The number of halogens is 2.